The molecule has 9 nitrogen and oxygen atoms in total. The third kappa shape index (κ3) is 5.27. The van der Waals surface area contributed by atoms with Crippen molar-refractivity contribution in [2.24, 2.45) is 0 Å². The highest BCUT2D eigenvalue weighted by molar-refractivity contribution is 9.10. The summed E-state index contributed by atoms with van der Waals surface area (Å²) in [5.74, 6) is 0.327. The van der Waals surface area contributed by atoms with Gasteiger partial charge in [0.25, 0.3) is 15.7 Å². The molecule has 11 heteroatoms. The van der Waals surface area contributed by atoms with Gasteiger partial charge < -0.3 is 5.32 Å². The number of nitro benzene ring substituents is 1. The van der Waals surface area contributed by atoms with E-state index in [4.69, 9.17) is 0 Å². The summed E-state index contributed by atoms with van der Waals surface area (Å²) in [6, 6.07) is 13.6. The number of nitrogens with one attached hydrogen (secondary N) is 2. The zero-order valence-electron chi connectivity index (χ0n) is 15.1. The average Bonchev–Trinajstić information content (AvgIpc) is 2.68. The quantitative estimate of drug-likeness (QED) is 0.386. The SMILES string of the molecule is C[C@H](Nc1nccc(NS(=O)(=O)c2ccc([N+](=O)[O-])cc2)n1)c1ccc(Br)cc1. The Hall–Kier alpha value is -3.05. The number of benzene rings is 2. The Morgan fingerprint density at radius 1 is 1.07 bits per heavy atom. The van der Waals surface area contributed by atoms with Gasteiger partial charge >= 0.3 is 0 Å². The number of non-ortho nitro benzene ring substituents is 1. The molecule has 0 saturated carbocycles. The zero-order chi connectivity index (χ0) is 21.0. The monoisotopic (exact) mass is 477 g/mol. The van der Waals surface area contributed by atoms with Gasteiger partial charge in [-0.3, -0.25) is 14.8 Å². The fourth-order valence-corrected chi connectivity index (χ4v) is 3.72. The molecule has 0 saturated heterocycles. The van der Waals surface area contributed by atoms with Crippen molar-refractivity contribution in [2.45, 2.75) is 17.9 Å². The van der Waals surface area contributed by atoms with Crippen molar-refractivity contribution in [3.05, 3.63) is 80.9 Å². The second-order valence-electron chi connectivity index (χ2n) is 6.04. The highest BCUT2D eigenvalue weighted by Crippen LogP contribution is 2.21. The number of hydrogen-bond acceptors (Lipinski definition) is 7. The van der Waals surface area contributed by atoms with Crippen LogP contribution in [0.2, 0.25) is 0 Å². The molecule has 1 atom stereocenters. The Labute approximate surface area is 175 Å². The molecular formula is C18H16BrN5O4S. The molecule has 0 amide bonds. The van der Waals surface area contributed by atoms with Crippen molar-refractivity contribution in [1.29, 1.82) is 0 Å². The number of rotatable bonds is 7. The highest BCUT2D eigenvalue weighted by Gasteiger charge is 2.17. The predicted molar refractivity (Wildman–Crippen MR) is 112 cm³/mol. The average molecular weight is 478 g/mol. The third-order valence-corrected chi connectivity index (χ3v) is 5.87. The van der Waals surface area contributed by atoms with Gasteiger partial charge in [0.2, 0.25) is 5.95 Å². The molecule has 0 unspecified atom stereocenters. The highest BCUT2D eigenvalue weighted by atomic mass is 79.9. The van der Waals surface area contributed by atoms with E-state index in [1.807, 2.05) is 31.2 Å². The van der Waals surface area contributed by atoms with Gasteiger partial charge in [-0.1, -0.05) is 28.1 Å². The van der Waals surface area contributed by atoms with Crippen molar-refractivity contribution in [3.63, 3.8) is 0 Å². The molecule has 0 aliphatic carbocycles. The van der Waals surface area contributed by atoms with E-state index in [-0.39, 0.29) is 28.4 Å². The summed E-state index contributed by atoms with van der Waals surface area (Å²) in [6.07, 6.45) is 1.43. The first kappa shape index (κ1) is 20.7. The lowest BCUT2D eigenvalue weighted by molar-refractivity contribution is -0.384. The fraction of sp³-hybridized carbons (Fsp3) is 0.111. The minimum atomic E-state index is -3.95. The van der Waals surface area contributed by atoms with E-state index in [0.717, 1.165) is 34.3 Å². The zero-order valence-corrected chi connectivity index (χ0v) is 17.5. The molecule has 1 heterocycles. The van der Waals surface area contributed by atoms with E-state index in [2.05, 4.69) is 35.9 Å². The molecule has 0 aliphatic heterocycles. The molecule has 0 spiro atoms. The fourth-order valence-electron chi connectivity index (χ4n) is 2.46. The van der Waals surface area contributed by atoms with E-state index in [0.29, 0.717) is 0 Å². The number of hydrogen-bond donors (Lipinski definition) is 2. The Morgan fingerprint density at radius 2 is 1.72 bits per heavy atom. The molecule has 0 radical (unpaired) electrons. The summed E-state index contributed by atoms with van der Waals surface area (Å²) < 4.78 is 28.3. The molecule has 0 fully saturated rings. The van der Waals surface area contributed by atoms with E-state index >= 15 is 0 Å². The van der Waals surface area contributed by atoms with Crippen molar-refractivity contribution in [3.8, 4) is 0 Å². The van der Waals surface area contributed by atoms with Crippen LogP contribution < -0.4 is 10.0 Å². The van der Waals surface area contributed by atoms with Crippen LogP contribution in [-0.2, 0) is 10.0 Å². The molecule has 3 aromatic rings. The summed E-state index contributed by atoms with van der Waals surface area (Å²) in [4.78, 5) is 18.3. The normalized spacial score (nSPS) is 12.2. The minimum absolute atomic E-state index is 0.0730. The van der Waals surface area contributed by atoms with Crippen molar-refractivity contribution in [2.75, 3.05) is 10.0 Å². The molecule has 0 aliphatic rings. The molecular weight excluding hydrogens is 462 g/mol. The van der Waals surface area contributed by atoms with Crippen molar-refractivity contribution in [1.82, 2.24) is 9.97 Å². The van der Waals surface area contributed by atoms with Crippen LogP contribution in [0.25, 0.3) is 0 Å². The lowest BCUT2D eigenvalue weighted by atomic mass is 10.1. The standard InChI is InChI=1S/C18H16BrN5O4S/c1-12(13-2-4-14(19)5-3-13)21-18-20-11-10-17(22-18)23-29(27,28)16-8-6-15(7-9-16)24(25)26/h2-12H,1H3,(H2,20,21,22,23)/t12-/m0/s1. The molecule has 1 aromatic heterocycles. The second kappa shape index (κ2) is 8.53. The molecule has 2 N–H and O–H groups in total. The summed E-state index contributed by atoms with van der Waals surface area (Å²) in [5, 5.41) is 13.8. The Kier molecular flexibility index (Phi) is 6.09. The lowest BCUT2D eigenvalue weighted by Gasteiger charge is -2.15. The first-order valence-electron chi connectivity index (χ1n) is 8.37. The van der Waals surface area contributed by atoms with Gasteiger partial charge in [-0.15, -0.1) is 0 Å². The molecule has 2 aromatic carbocycles. The maximum Gasteiger partial charge on any atom is 0.269 e. The largest absolute Gasteiger partial charge is 0.348 e. The Bertz CT molecular complexity index is 1120. The van der Waals surface area contributed by atoms with Crippen LogP contribution in [0.5, 0.6) is 0 Å². The van der Waals surface area contributed by atoms with Crippen LogP contribution in [0, 0.1) is 10.1 Å². The number of halogens is 1. The van der Waals surface area contributed by atoms with E-state index in [9.17, 15) is 18.5 Å². The van der Waals surface area contributed by atoms with Crippen LogP contribution in [0.4, 0.5) is 17.5 Å². The van der Waals surface area contributed by atoms with E-state index in [1.165, 1.54) is 12.3 Å². The molecule has 3 rings (SSSR count). The van der Waals surface area contributed by atoms with Crippen LogP contribution in [0.3, 0.4) is 0 Å². The van der Waals surface area contributed by atoms with Crippen LogP contribution >= 0.6 is 15.9 Å². The first-order valence-corrected chi connectivity index (χ1v) is 10.6. The van der Waals surface area contributed by atoms with E-state index < -0.39 is 14.9 Å². The summed E-state index contributed by atoms with van der Waals surface area (Å²) >= 11 is 3.39. The predicted octanol–water partition coefficient (Wildman–Crippen LogP) is 4.12. The van der Waals surface area contributed by atoms with E-state index in [1.54, 1.807) is 0 Å². The smallest absolute Gasteiger partial charge is 0.269 e. The molecule has 0 bridgehead atoms. The number of sulfonamides is 1. The van der Waals surface area contributed by atoms with Gasteiger partial charge in [0.1, 0.15) is 5.82 Å². The van der Waals surface area contributed by atoms with Crippen LogP contribution in [-0.4, -0.2) is 23.3 Å². The summed E-state index contributed by atoms with van der Waals surface area (Å²) in [5.41, 5.74) is 0.813. The van der Waals surface area contributed by atoms with Gasteiger partial charge in [-0.2, -0.15) is 4.98 Å². The maximum absolute atomic E-state index is 12.5. The summed E-state index contributed by atoms with van der Waals surface area (Å²) in [7, 11) is -3.95. The first-order chi connectivity index (χ1) is 13.7. The number of nitrogens with zero attached hydrogens (tertiary/aromatic N) is 3. The van der Waals surface area contributed by atoms with Crippen LogP contribution in [0.15, 0.2) is 70.2 Å². The number of nitro groups is 1. The van der Waals surface area contributed by atoms with Crippen LogP contribution in [0.1, 0.15) is 18.5 Å². The third-order valence-electron chi connectivity index (χ3n) is 3.97. The minimum Gasteiger partial charge on any atom is -0.348 e. The van der Waals surface area contributed by atoms with Gasteiger partial charge in [0, 0.05) is 22.8 Å². The van der Waals surface area contributed by atoms with Gasteiger partial charge in [0.15, 0.2) is 0 Å². The van der Waals surface area contributed by atoms with Gasteiger partial charge in [0.05, 0.1) is 15.9 Å². The Morgan fingerprint density at radius 3 is 2.34 bits per heavy atom. The molecule has 29 heavy (non-hydrogen) atoms. The van der Waals surface area contributed by atoms with Crippen molar-refractivity contribution >= 4 is 43.4 Å². The van der Waals surface area contributed by atoms with Gasteiger partial charge in [-0.05, 0) is 42.8 Å². The summed E-state index contributed by atoms with van der Waals surface area (Å²) in [6.45, 7) is 1.93. The number of aromatic nitrogens is 2. The lowest BCUT2D eigenvalue weighted by Crippen LogP contribution is -2.15. The van der Waals surface area contributed by atoms with Gasteiger partial charge in [-0.25, -0.2) is 13.4 Å². The maximum atomic E-state index is 12.5. The Balaban J connectivity index is 1.74. The van der Waals surface area contributed by atoms with Crippen molar-refractivity contribution < 1.29 is 13.3 Å². The molecule has 150 valence electrons. The topological polar surface area (TPSA) is 127 Å². The second-order valence-corrected chi connectivity index (χ2v) is 8.64. The number of anilines is 2.